The fraction of sp³-hybridized carbons (Fsp3) is 0.250. The lowest BCUT2D eigenvalue weighted by atomic mass is 10.2. The third-order valence-corrected chi connectivity index (χ3v) is 3.26. The molecule has 0 aliphatic heterocycles. The zero-order chi connectivity index (χ0) is 13.0. The van der Waals surface area contributed by atoms with Crippen molar-refractivity contribution >= 4 is 17.7 Å². The number of hydrogen-bond donors (Lipinski definition) is 1. The van der Waals surface area contributed by atoms with Gasteiger partial charge in [-0.3, -0.25) is 9.48 Å². The third-order valence-electron chi connectivity index (χ3n) is 2.34. The molecule has 2 rings (SSSR count). The van der Waals surface area contributed by atoms with Crippen LogP contribution in [0.4, 0.5) is 0 Å². The summed E-state index contributed by atoms with van der Waals surface area (Å²) < 4.78 is 1.69. The maximum atomic E-state index is 10.4. The average molecular weight is 263 g/mol. The largest absolute Gasteiger partial charge is 0.481 e. The predicted molar refractivity (Wildman–Crippen MR) is 70.2 cm³/mol. The Morgan fingerprint density at radius 1 is 1.39 bits per heavy atom. The van der Waals surface area contributed by atoms with Gasteiger partial charge in [0.2, 0.25) is 0 Å². The van der Waals surface area contributed by atoms with Gasteiger partial charge in [-0.2, -0.15) is 5.10 Å². The van der Waals surface area contributed by atoms with Crippen LogP contribution in [0.5, 0.6) is 0 Å². The van der Waals surface area contributed by atoms with E-state index in [9.17, 15) is 4.79 Å². The maximum absolute atomic E-state index is 10.4. The number of carboxylic acids is 1. The summed E-state index contributed by atoms with van der Waals surface area (Å²) >= 11 is 1.31. The molecule has 0 bridgehead atoms. The summed E-state index contributed by atoms with van der Waals surface area (Å²) in [5.41, 5.74) is 0.961. The molecule has 0 aliphatic rings. The number of thioether (sulfide) groups is 1. The minimum Gasteiger partial charge on any atom is -0.481 e. The van der Waals surface area contributed by atoms with Crippen molar-refractivity contribution in [3.63, 3.8) is 0 Å². The van der Waals surface area contributed by atoms with Crippen molar-refractivity contribution < 1.29 is 9.90 Å². The highest BCUT2D eigenvalue weighted by Crippen LogP contribution is 2.17. The van der Waals surface area contributed by atoms with E-state index in [1.807, 2.05) is 37.4 Å². The molecule has 6 heteroatoms. The van der Waals surface area contributed by atoms with Crippen molar-refractivity contribution in [3.05, 3.63) is 36.2 Å². The second-order valence-electron chi connectivity index (χ2n) is 3.73. The van der Waals surface area contributed by atoms with Crippen LogP contribution in [-0.2, 0) is 17.6 Å². The van der Waals surface area contributed by atoms with Gasteiger partial charge >= 0.3 is 5.97 Å². The van der Waals surface area contributed by atoms with Crippen molar-refractivity contribution in [2.45, 2.75) is 5.75 Å². The highest BCUT2D eigenvalue weighted by molar-refractivity contribution is 7.99. The number of aliphatic carboxylic acids is 1. The summed E-state index contributed by atoms with van der Waals surface area (Å²) in [4.78, 5) is 14.9. The molecule has 1 aromatic carbocycles. The van der Waals surface area contributed by atoms with E-state index in [1.54, 1.807) is 4.68 Å². The highest BCUT2D eigenvalue weighted by atomic mass is 32.2. The Hall–Kier alpha value is -1.82. The standard InChI is InChI=1S/C12H13N3O2S/c1-15-10(7-18-8-11(16)17)13-12(14-15)9-5-3-2-4-6-9/h2-6H,7-8H2,1H3,(H,16,17). The van der Waals surface area contributed by atoms with E-state index >= 15 is 0 Å². The lowest BCUT2D eigenvalue weighted by Crippen LogP contribution is -2.01. The molecule has 2 aromatic rings. The lowest BCUT2D eigenvalue weighted by molar-refractivity contribution is -0.133. The van der Waals surface area contributed by atoms with Crippen molar-refractivity contribution in [2.24, 2.45) is 7.05 Å². The number of carbonyl (C=O) groups is 1. The summed E-state index contributed by atoms with van der Waals surface area (Å²) in [7, 11) is 1.82. The Bertz CT molecular complexity index is 540. The molecule has 0 saturated heterocycles. The average Bonchev–Trinajstić information content (AvgIpc) is 2.72. The number of aryl methyl sites for hydroxylation is 1. The minimum absolute atomic E-state index is 0.0769. The van der Waals surface area contributed by atoms with Gasteiger partial charge in [-0.25, -0.2) is 4.98 Å². The van der Waals surface area contributed by atoms with Crippen LogP contribution < -0.4 is 0 Å². The summed E-state index contributed by atoms with van der Waals surface area (Å²) in [5, 5.41) is 12.9. The topological polar surface area (TPSA) is 68.0 Å². The summed E-state index contributed by atoms with van der Waals surface area (Å²) in [5.74, 6) is 1.26. The van der Waals surface area contributed by atoms with Gasteiger partial charge in [0, 0.05) is 12.6 Å². The zero-order valence-corrected chi connectivity index (χ0v) is 10.7. The molecule has 0 aliphatic carbocycles. The predicted octanol–water partition coefficient (Wildman–Crippen LogP) is 1.80. The first-order chi connectivity index (χ1) is 8.66. The van der Waals surface area contributed by atoms with E-state index in [-0.39, 0.29) is 5.75 Å². The Kier molecular flexibility index (Phi) is 3.99. The molecule has 0 spiro atoms. The number of nitrogens with zero attached hydrogens (tertiary/aromatic N) is 3. The van der Waals surface area contributed by atoms with Crippen LogP contribution in [0, 0.1) is 0 Å². The van der Waals surface area contributed by atoms with E-state index in [0.29, 0.717) is 11.6 Å². The van der Waals surface area contributed by atoms with Crippen LogP contribution >= 0.6 is 11.8 Å². The molecule has 0 atom stereocenters. The molecule has 18 heavy (non-hydrogen) atoms. The molecule has 1 heterocycles. The molecule has 5 nitrogen and oxygen atoms in total. The second-order valence-corrected chi connectivity index (χ2v) is 4.71. The maximum Gasteiger partial charge on any atom is 0.313 e. The van der Waals surface area contributed by atoms with Gasteiger partial charge in [0.05, 0.1) is 11.5 Å². The lowest BCUT2D eigenvalue weighted by Gasteiger charge is -1.97. The number of aromatic nitrogens is 3. The third kappa shape index (κ3) is 3.10. The molecular formula is C12H13N3O2S. The first-order valence-electron chi connectivity index (χ1n) is 5.41. The van der Waals surface area contributed by atoms with Gasteiger partial charge in [0.1, 0.15) is 5.82 Å². The monoisotopic (exact) mass is 263 g/mol. The van der Waals surface area contributed by atoms with E-state index in [0.717, 1.165) is 11.4 Å². The Labute approximate surface area is 109 Å². The van der Waals surface area contributed by atoms with Crippen LogP contribution in [0.25, 0.3) is 11.4 Å². The van der Waals surface area contributed by atoms with Crippen LogP contribution in [0.2, 0.25) is 0 Å². The molecule has 0 fully saturated rings. The van der Waals surface area contributed by atoms with Crippen LogP contribution in [-0.4, -0.2) is 31.6 Å². The minimum atomic E-state index is -0.814. The fourth-order valence-electron chi connectivity index (χ4n) is 1.48. The van der Waals surface area contributed by atoms with Gasteiger partial charge in [-0.1, -0.05) is 30.3 Å². The molecule has 0 saturated carbocycles. The first kappa shape index (κ1) is 12.6. The van der Waals surface area contributed by atoms with E-state index < -0.39 is 5.97 Å². The number of carboxylic acid groups (broad SMARTS) is 1. The van der Waals surface area contributed by atoms with Crippen LogP contribution in [0.1, 0.15) is 5.82 Å². The SMILES string of the molecule is Cn1nc(-c2ccccc2)nc1CSCC(=O)O. The highest BCUT2D eigenvalue weighted by Gasteiger charge is 2.09. The molecule has 94 valence electrons. The zero-order valence-electron chi connectivity index (χ0n) is 9.91. The van der Waals surface area contributed by atoms with Crippen molar-refractivity contribution in [1.82, 2.24) is 14.8 Å². The fourth-order valence-corrected chi connectivity index (χ4v) is 2.19. The Morgan fingerprint density at radius 2 is 2.11 bits per heavy atom. The van der Waals surface area contributed by atoms with Gasteiger partial charge < -0.3 is 5.11 Å². The normalized spacial score (nSPS) is 10.5. The summed E-state index contributed by atoms with van der Waals surface area (Å²) in [6.07, 6.45) is 0. The number of rotatable bonds is 5. The molecule has 0 unspecified atom stereocenters. The van der Waals surface area contributed by atoms with Gasteiger partial charge in [-0.05, 0) is 0 Å². The summed E-state index contributed by atoms with van der Waals surface area (Å²) in [6, 6.07) is 9.71. The molecule has 1 aromatic heterocycles. The van der Waals surface area contributed by atoms with E-state index in [4.69, 9.17) is 5.11 Å². The van der Waals surface area contributed by atoms with Crippen molar-refractivity contribution in [3.8, 4) is 11.4 Å². The number of hydrogen-bond acceptors (Lipinski definition) is 4. The van der Waals surface area contributed by atoms with Gasteiger partial charge in [-0.15, -0.1) is 11.8 Å². The quantitative estimate of drug-likeness (QED) is 0.891. The van der Waals surface area contributed by atoms with Crippen molar-refractivity contribution in [1.29, 1.82) is 0 Å². The second kappa shape index (κ2) is 5.68. The van der Waals surface area contributed by atoms with E-state index in [2.05, 4.69) is 10.1 Å². The van der Waals surface area contributed by atoms with Crippen molar-refractivity contribution in [2.75, 3.05) is 5.75 Å². The smallest absolute Gasteiger partial charge is 0.313 e. The van der Waals surface area contributed by atoms with Crippen LogP contribution in [0.3, 0.4) is 0 Å². The first-order valence-corrected chi connectivity index (χ1v) is 6.57. The molecule has 0 amide bonds. The Morgan fingerprint density at radius 3 is 2.78 bits per heavy atom. The van der Waals surface area contributed by atoms with Gasteiger partial charge in [0.15, 0.2) is 5.82 Å². The van der Waals surface area contributed by atoms with Gasteiger partial charge in [0.25, 0.3) is 0 Å². The molecule has 1 N–H and O–H groups in total. The molecular weight excluding hydrogens is 250 g/mol. The number of benzene rings is 1. The molecule has 0 radical (unpaired) electrons. The summed E-state index contributed by atoms with van der Waals surface area (Å²) in [6.45, 7) is 0. The van der Waals surface area contributed by atoms with Crippen LogP contribution in [0.15, 0.2) is 30.3 Å². The van der Waals surface area contributed by atoms with E-state index in [1.165, 1.54) is 11.8 Å². The Balaban J connectivity index is 2.10.